The van der Waals surface area contributed by atoms with Crippen LogP contribution < -0.4 is 4.72 Å². The second kappa shape index (κ2) is 7.65. The van der Waals surface area contributed by atoms with Crippen molar-refractivity contribution >= 4 is 33.2 Å². The monoisotopic (exact) mass is 394 g/mol. The number of halogens is 1. The summed E-state index contributed by atoms with van der Waals surface area (Å²) < 4.78 is 32.6. The van der Waals surface area contributed by atoms with Crippen LogP contribution in [0.3, 0.4) is 0 Å². The molecule has 2 aromatic carbocycles. The zero-order chi connectivity index (χ0) is 18.7. The van der Waals surface area contributed by atoms with Crippen LogP contribution in [0.2, 0.25) is 5.02 Å². The number of carbonyl (C=O) groups excluding carboxylic acids is 1. The Morgan fingerprint density at radius 1 is 1.15 bits per heavy atom. The normalized spacial score (nSPS) is 17.8. The maximum Gasteiger partial charge on any atom is 0.261 e. The van der Waals surface area contributed by atoms with Crippen molar-refractivity contribution in [1.82, 2.24) is 4.90 Å². The second-order valence-electron chi connectivity index (χ2n) is 6.06. The molecule has 1 unspecified atom stereocenters. The van der Waals surface area contributed by atoms with Gasteiger partial charge in [-0.15, -0.1) is 0 Å². The summed E-state index contributed by atoms with van der Waals surface area (Å²) in [5.74, 6) is -0.0899. The number of nitrogens with zero attached hydrogens (tertiary/aromatic N) is 1. The Labute approximate surface area is 157 Å². The number of benzene rings is 2. The molecule has 1 heterocycles. The van der Waals surface area contributed by atoms with Crippen molar-refractivity contribution in [2.24, 2.45) is 0 Å². The van der Waals surface area contributed by atoms with Gasteiger partial charge in [0, 0.05) is 22.8 Å². The number of hydrogen-bond acceptors (Lipinski definition) is 4. The van der Waals surface area contributed by atoms with Gasteiger partial charge in [0.2, 0.25) is 0 Å². The second-order valence-corrected chi connectivity index (χ2v) is 8.18. The van der Waals surface area contributed by atoms with Gasteiger partial charge >= 0.3 is 0 Å². The Balaban J connectivity index is 1.73. The smallest absolute Gasteiger partial charge is 0.261 e. The molecule has 1 N–H and O–H groups in total. The quantitative estimate of drug-likeness (QED) is 0.864. The molecule has 1 aliphatic rings. The van der Waals surface area contributed by atoms with Gasteiger partial charge in [0.15, 0.2) is 0 Å². The molecule has 1 saturated heterocycles. The molecule has 0 bridgehead atoms. The number of ether oxygens (including phenoxy) is 1. The van der Waals surface area contributed by atoms with Gasteiger partial charge in [0.25, 0.3) is 15.9 Å². The van der Waals surface area contributed by atoms with E-state index in [0.29, 0.717) is 36.0 Å². The Kier molecular flexibility index (Phi) is 5.50. The largest absolute Gasteiger partial charge is 0.377 e. The van der Waals surface area contributed by atoms with E-state index in [1.165, 1.54) is 24.3 Å². The molecule has 3 rings (SSSR count). The lowest BCUT2D eigenvalue weighted by molar-refractivity contribution is 0.00359. The molecule has 1 aliphatic heterocycles. The maximum absolute atomic E-state index is 12.6. The van der Waals surface area contributed by atoms with Crippen molar-refractivity contribution in [2.75, 3.05) is 24.5 Å². The Morgan fingerprint density at radius 2 is 1.81 bits per heavy atom. The number of hydrogen-bond donors (Lipinski definition) is 1. The molecular weight excluding hydrogens is 376 g/mol. The van der Waals surface area contributed by atoms with Crippen LogP contribution >= 0.6 is 11.6 Å². The van der Waals surface area contributed by atoms with Crippen molar-refractivity contribution in [3.63, 3.8) is 0 Å². The van der Waals surface area contributed by atoms with Crippen LogP contribution in [0.5, 0.6) is 0 Å². The van der Waals surface area contributed by atoms with E-state index in [1.807, 2.05) is 6.92 Å². The van der Waals surface area contributed by atoms with Crippen LogP contribution in [0.25, 0.3) is 0 Å². The summed E-state index contributed by atoms with van der Waals surface area (Å²) in [7, 11) is -3.71. The highest BCUT2D eigenvalue weighted by Gasteiger charge is 2.24. The highest BCUT2D eigenvalue weighted by atomic mass is 35.5. The van der Waals surface area contributed by atoms with E-state index in [2.05, 4.69) is 4.72 Å². The molecule has 138 valence electrons. The average Bonchev–Trinajstić information content (AvgIpc) is 2.62. The van der Waals surface area contributed by atoms with Crippen molar-refractivity contribution in [2.45, 2.75) is 17.9 Å². The maximum atomic E-state index is 12.6. The minimum atomic E-state index is -3.71. The molecule has 0 saturated carbocycles. The van der Waals surface area contributed by atoms with Gasteiger partial charge in [-0.05, 0) is 55.5 Å². The van der Waals surface area contributed by atoms with Gasteiger partial charge in [-0.2, -0.15) is 0 Å². The van der Waals surface area contributed by atoms with E-state index in [0.717, 1.165) is 0 Å². The van der Waals surface area contributed by atoms with E-state index in [4.69, 9.17) is 16.3 Å². The van der Waals surface area contributed by atoms with Gasteiger partial charge < -0.3 is 9.64 Å². The highest BCUT2D eigenvalue weighted by molar-refractivity contribution is 7.92. The van der Waals surface area contributed by atoms with Crippen LogP contribution in [0.1, 0.15) is 17.3 Å². The molecule has 0 aliphatic carbocycles. The molecular formula is C18H19ClN2O4S. The lowest BCUT2D eigenvalue weighted by Gasteiger charge is -2.33. The summed E-state index contributed by atoms with van der Waals surface area (Å²) in [4.78, 5) is 14.5. The van der Waals surface area contributed by atoms with E-state index in [-0.39, 0.29) is 16.8 Å². The molecule has 26 heavy (non-hydrogen) atoms. The molecule has 0 aromatic heterocycles. The standard InChI is InChI=1S/C18H19ClN2O4S/c1-13-12-25-11-10-21(13)18(22)14-2-6-16(7-3-14)20-26(23,24)17-8-4-15(19)5-9-17/h2-9,13,20H,10-12H2,1H3. The number of amides is 1. The number of nitrogens with one attached hydrogen (secondary N) is 1. The van der Waals surface area contributed by atoms with E-state index in [1.54, 1.807) is 29.2 Å². The molecule has 1 fully saturated rings. The fraction of sp³-hybridized carbons (Fsp3) is 0.278. The number of anilines is 1. The third-order valence-electron chi connectivity index (χ3n) is 4.14. The molecule has 0 radical (unpaired) electrons. The van der Waals surface area contributed by atoms with E-state index >= 15 is 0 Å². The number of rotatable bonds is 4. The molecule has 2 aromatic rings. The molecule has 8 heteroatoms. The minimum Gasteiger partial charge on any atom is -0.377 e. The Hall–Kier alpha value is -2.09. The van der Waals surface area contributed by atoms with Gasteiger partial charge in [-0.1, -0.05) is 11.6 Å². The first-order valence-corrected chi connectivity index (χ1v) is 10.00. The Morgan fingerprint density at radius 3 is 2.42 bits per heavy atom. The summed E-state index contributed by atoms with van der Waals surface area (Å²) in [5, 5.41) is 0.462. The first kappa shape index (κ1) is 18.7. The van der Waals surface area contributed by atoms with Crippen molar-refractivity contribution in [3.8, 4) is 0 Å². The number of carbonyl (C=O) groups is 1. The lowest BCUT2D eigenvalue weighted by Crippen LogP contribution is -2.47. The predicted molar refractivity (Wildman–Crippen MR) is 100 cm³/mol. The van der Waals surface area contributed by atoms with Gasteiger partial charge in [-0.25, -0.2) is 8.42 Å². The zero-order valence-corrected chi connectivity index (χ0v) is 15.8. The van der Waals surface area contributed by atoms with Crippen LogP contribution in [-0.4, -0.2) is 45.0 Å². The third kappa shape index (κ3) is 4.17. The van der Waals surface area contributed by atoms with Gasteiger partial charge in [0.05, 0.1) is 24.2 Å². The summed E-state index contributed by atoms with van der Waals surface area (Å²) >= 11 is 5.78. The summed E-state index contributed by atoms with van der Waals surface area (Å²) in [6, 6.07) is 12.3. The fourth-order valence-electron chi connectivity index (χ4n) is 2.70. The van der Waals surface area contributed by atoms with E-state index < -0.39 is 10.0 Å². The summed E-state index contributed by atoms with van der Waals surface area (Å²) in [6.07, 6.45) is 0. The van der Waals surface area contributed by atoms with Crippen LogP contribution in [0.15, 0.2) is 53.4 Å². The first-order valence-electron chi connectivity index (χ1n) is 8.14. The van der Waals surface area contributed by atoms with Crippen molar-refractivity contribution < 1.29 is 17.9 Å². The molecule has 1 amide bonds. The molecule has 0 spiro atoms. The van der Waals surface area contributed by atoms with Crippen LogP contribution in [0, 0.1) is 0 Å². The first-order chi connectivity index (χ1) is 12.4. The molecule has 1 atom stereocenters. The summed E-state index contributed by atoms with van der Waals surface area (Å²) in [6.45, 7) is 3.52. The minimum absolute atomic E-state index is 0.0133. The van der Waals surface area contributed by atoms with Crippen molar-refractivity contribution in [1.29, 1.82) is 0 Å². The van der Waals surface area contributed by atoms with Crippen LogP contribution in [-0.2, 0) is 14.8 Å². The number of sulfonamides is 1. The molecule has 6 nitrogen and oxygen atoms in total. The Bertz CT molecular complexity index is 882. The zero-order valence-electron chi connectivity index (χ0n) is 14.2. The van der Waals surface area contributed by atoms with Gasteiger partial charge in [0.1, 0.15) is 0 Å². The SMILES string of the molecule is CC1COCCN1C(=O)c1ccc(NS(=O)(=O)c2ccc(Cl)cc2)cc1. The van der Waals surface area contributed by atoms with E-state index in [9.17, 15) is 13.2 Å². The highest BCUT2D eigenvalue weighted by Crippen LogP contribution is 2.20. The lowest BCUT2D eigenvalue weighted by atomic mass is 10.1. The van der Waals surface area contributed by atoms with Crippen molar-refractivity contribution in [3.05, 3.63) is 59.1 Å². The van der Waals surface area contributed by atoms with Crippen LogP contribution in [0.4, 0.5) is 5.69 Å². The van der Waals surface area contributed by atoms with Gasteiger partial charge in [-0.3, -0.25) is 9.52 Å². The predicted octanol–water partition coefficient (Wildman–Crippen LogP) is 3.00. The summed E-state index contributed by atoms with van der Waals surface area (Å²) in [5.41, 5.74) is 0.889. The topological polar surface area (TPSA) is 75.7 Å². The third-order valence-corrected chi connectivity index (χ3v) is 5.79. The average molecular weight is 395 g/mol. The fourth-order valence-corrected chi connectivity index (χ4v) is 3.89. The number of morpholine rings is 1.